The predicted molar refractivity (Wildman–Crippen MR) is 84.1 cm³/mol. The first-order valence-corrected chi connectivity index (χ1v) is 8.98. The third-order valence-electron chi connectivity index (χ3n) is 3.77. The van der Waals surface area contributed by atoms with E-state index in [9.17, 15) is 8.42 Å². The number of nitrogens with one attached hydrogen (secondary N) is 1. The number of halogens is 1. The minimum Gasteiger partial charge on any atom is -0.316 e. The molecule has 0 unspecified atom stereocenters. The number of sulfonamides is 1. The van der Waals surface area contributed by atoms with E-state index >= 15 is 0 Å². The summed E-state index contributed by atoms with van der Waals surface area (Å²) in [6.45, 7) is 5.23. The fraction of sp³-hybridized carbons (Fsp3) is 0.571. The molecule has 0 atom stereocenters. The van der Waals surface area contributed by atoms with E-state index in [0.29, 0.717) is 22.5 Å². The van der Waals surface area contributed by atoms with Gasteiger partial charge in [0.05, 0.1) is 4.90 Å². The number of rotatable bonds is 4. The summed E-state index contributed by atoms with van der Waals surface area (Å²) in [6, 6.07) is 5.49. The highest BCUT2D eigenvalue weighted by Gasteiger charge is 2.41. The summed E-state index contributed by atoms with van der Waals surface area (Å²) in [6.07, 6.45) is 1.82. The third kappa shape index (κ3) is 2.93. The van der Waals surface area contributed by atoms with Crippen LogP contribution in [0.5, 0.6) is 0 Å². The fourth-order valence-electron chi connectivity index (χ4n) is 2.71. The molecule has 0 radical (unpaired) electrons. The highest BCUT2D eigenvalue weighted by atomic mass is 79.9. The minimum atomic E-state index is -3.46. The van der Waals surface area contributed by atoms with Crippen LogP contribution in [-0.4, -0.2) is 31.9 Å². The molecule has 1 saturated heterocycles. The minimum absolute atomic E-state index is 0.308. The SMILES string of the molecule is CNCc1ccc(Br)c(S(=O)(=O)N2CCCC2(C)C)c1. The molecule has 0 bridgehead atoms. The van der Waals surface area contributed by atoms with Gasteiger partial charge in [0.15, 0.2) is 0 Å². The van der Waals surface area contributed by atoms with E-state index in [-0.39, 0.29) is 5.54 Å². The van der Waals surface area contributed by atoms with Gasteiger partial charge in [-0.1, -0.05) is 6.07 Å². The first-order chi connectivity index (χ1) is 9.29. The van der Waals surface area contributed by atoms with Crippen molar-refractivity contribution in [2.75, 3.05) is 13.6 Å². The number of hydrogen-bond donors (Lipinski definition) is 1. The van der Waals surface area contributed by atoms with Crippen LogP contribution < -0.4 is 5.32 Å². The molecule has 1 aromatic rings. The smallest absolute Gasteiger partial charge is 0.244 e. The molecular weight excluding hydrogens is 340 g/mol. The Kier molecular flexibility index (Phi) is 4.59. The molecule has 0 aromatic heterocycles. The van der Waals surface area contributed by atoms with Gasteiger partial charge in [-0.25, -0.2) is 8.42 Å². The van der Waals surface area contributed by atoms with Gasteiger partial charge >= 0.3 is 0 Å². The van der Waals surface area contributed by atoms with Gasteiger partial charge in [0.25, 0.3) is 0 Å². The highest BCUT2D eigenvalue weighted by Crippen LogP contribution is 2.36. The summed E-state index contributed by atoms with van der Waals surface area (Å²) in [4.78, 5) is 0.361. The lowest BCUT2D eigenvalue weighted by Gasteiger charge is -2.31. The van der Waals surface area contributed by atoms with Gasteiger partial charge in [0, 0.05) is 23.1 Å². The van der Waals surface area contributed by atoms with Crippen molar-refractivity contribution in [2.45, 2.75) is 43.7 Å². The van der Waals surface area contributed by atoms with Crippen molar-refractivity contribution in [3.8, 4) is 0 Å². The molecule has 4 nitrogen and oxygen atoms in total. The van der Waals surface area contributed by atoms with E-state index in [1.54, 1.807) is 10.4 Å². The Balaban J connectivity index is 2.46. The van der Waals surface area contributed by atoms with Gasteiger partial charge in [-0.2, -0.15) is 4.31 Å². The van der Waals surface area contributed by atoms with Gasteiger partial charge in [-0.15, -0.1) is 0 Å². The van der Waals surface area contributed by atoms with E-state index in [1.807, 2.05) is 33.0 Å². The molecule has 0 amide bonds. The summed E-state index contributed by atoms with van der Waals surface area (Å²) in [5.74, 6) is 0. The van der Waals surface area contributed by atoms with Crippen molar-refractivity contribution in [3.05, 3.63) is 28.2 Å². The normalized spacial score (nSPS) is 19.4. The first kappa shape index (κ1) is 15.9. The van der Waals surface area contributed by atoms with Gasteiger partial charge in [0.2, 0.25) is 10.0 Å². The molecule has 6 heteroatoms. The summed E-state index contributed by atoms with van der Waals surface area (Å²) in [7, 11) is -1.61. The zero-order chi connectivity index (χ0) is 15.0. The van der Waals surface area contributed by atoms with Gasteiger partial charge in [0.1, 0.15) is 0 Å². The van der Waals surface area contributed by atoms with Crippen LogP contribution in [0.4, 0.5) is 0 Å². The summed E-state index contributed by atoms with van der Waals surface area (Å²) in [5, 5.41) is 3.04. The molecule has 1 aromatic carbocycles. The molecule has 20 heavy (non-hydrogen) atoms. The van der Waals surface area contributed by atoms with Gasteiger partial charge in [-0.3, -0.25) is 0 Å². The van der Waals surface area contributed by atoms with Crippen molar-refractivity contribution in [1.29, 1.82) is 0 Å². The molecule has 1 fully saturated rings. The van der Waals surface area contributed by atoms with Crippen molar-refractivity contribution in [3.63, 3.8) is 0 Å². The standard InChI is InChI=1S/C14H21BrN2O2S/c1-14(2)7-4-8-17(14)20(18,19)13-9-11(10-16-3)5-6-12(13)15/h5-6,9,16H,4,7-8,10H2,1-3H3. The predicted octanol–water partition coefficient (Wildman–Crippen LogP) is 2.73. The number of hydrogen-bond acceptors (Lipinski definition) is 3. The summed E-state index contributed by atoms with van der Waals surface area (Å²) in [5.41, 5.74) is 0.656. The molecule has 112 valence electrons. The second-order valence-electron chi connectivity index (χ2n) is 5.79. The third-order valence-corrected chi connectivity index (χ3v) is 6.87. The zero-order valence-corrected chi connectivity index (χ0v) is 14.5. The summed E-state index contributed by atoms with van der Waals surface area (Å²) < 4.78 is 28.1. The largest absolute Gasteiger partial charge is 0.316 e. The van der Waals surface area contributed by atoms with E-state index < -0.39 is 10.0 Å². The van der Waals surface area contributed by atoms with Crippen molar-refractivity contribution >= 4 is 26.0 Å². The van der Waals surface area contributed by atoms with Crippen LogP contribution in [0.15, 0.2) is 27.6 Å². The number of benzene rings is 1. The number of nitrogens with zero attached hydrogens (tertiary/aromatic N) is 1. The van der Waals surface area contributed by atoms with Crippen molar-refractivity contribution in [2.24, 2.45) is 0 Å². The zero-order valence-electron chi connectivity index (χ0n) is 12.1. The average molecular weight is 361 g/mol. The maximum atomic E-state index is 12.9. The average Bonchev–Trinajstić information content (AvgIpc) is 2.72. The van der Waals surface area contributed by atoms with Crippen LogP contribution in [0.1, 0.15) is 32.3 Å². The Labute approximate surface area is 129 Å². The molecule has 1 heterocycles. The Bertz CT molecular complexity index is 599. The maximum absolute atomic E-state index is 12.9. The molecule has 0 spiro atoms. The topological polar surface area (TPSA) is 49.4 Å². The Morgan fingerprint density at radius 1 is 1.40 bits per heavy atom. The monoisotopic (exact) mass is 360 g/mol. The fourth-order valence-corrected chi connectivity index (χ4v) is 5.53. The molecule has 1 N–H and O–H groups in total. The second kappa shape index (κ2) is 5.75. The van der Waals surface area contributed by atoms with Crippen LogP contribution in [0, 0.1) is 0 Å². The van der Waals surface area contributed by atoms with Gasteiger partial charge in [-0.05, 0) is 67.4 Å². The van der Waals surface area contributed by atoms with Crippen molar-refractivity contribution < 1.29 is 8.42 Å². The highest BCUT2D eigenvalue weighted by molar-refractivity contribution is 9.10. The molecule has 2 rings (SSSR count). The van der Waals surface area contributed by atoms with Crippen LogP contribution in [-0.2, 0) is 16.6 Å². The maximum Gasteiger partial charge on any atom is 0.244 e. The lowest BCUT2D eigenvalue weighted by atomic mass is 10.0. The quantitative estimate of drug-likeness (QED) is 0.897. The van der Waals surface area contributed by atoms with Gasteiger partial charge < -0.3 is 5.32 Å². The Morgan fingerprint density at radius 3 is 2.65 bits per heavy atom. The van der Waals surface area contributed by atoms with Crippen LogP contribution in [0.3, 0.4) is 0 Å². The lowest BCUT2D eigenvalue weighted by Crippen LogP contribution is -2.42. The molecular formula is C14H21BrN2O2S. The molecule has 1 aliphatic rings. The van der Waals surface area contributed by atoms with Crippen LogP contribution >= 0.6 is 15.9 Å². The lowest BCUT2D eigenvalue weighted by molar-refractivity contribution is 0.291. The van der Waals surface area contributed by atoms with Crippen LogP contribution in [0.25, 0.3) is 0 Å². The van der Waals surface area contributed by atoms with Crippen molar-refractivity contribution in [1.82, 2.24) is 9.62 Å². The summed E-state index contributed by atoms with van der Waals surface area (Å²) >= 11 is 3.38. The van der Waals surface area contributed by atoms with E-state index in [1.165, 1.54) is 0 Å². The second-order valence-corrected chi connectivity index (χ2v) is 8.47. The molecule has 1 aliphatic heterocycles. The Morgan fingerprint density at radius 2 is 2.10 bits per heavy atom. The van der Waals surface area contributed by atoms with E-state index in [4.69, 9.17) is 0 Å². The molecule has 0 aliphatic carbocycles. The van der Waals surface area contributed by atoms with Crippen LogP contribution in [0.2, 0.25) is 0 Å². The van der Waals surface area contributed by atoms with E-state index in [2.05, 4.69) is 21.2 Å². The molecule has 0 saturated carbocycles. The Hall–Kier alpha value is -0.430. The van der Waals surface area contributed by atoms with E-state index in [0.717, 1.165) is 18.4 Å². The first-order valence-electron chi connectivity index (χ1n) is 6.75.